The normalized spacial score (nSPS) is 9.67. The van der Waals surface area contributed by atoms with Gasteiger partial charge in [-0.25, -0.2) is 4.79 Å². The number of phenolic OH excluding ortho intramolecular Hbond substituents is 1. The predicted octanol–water partition coefficient (Wildman–Crippen LogP) is 1.10. The van der Waals surface area contributed by atoms with Crippen molar-refractivity contribution in [2.45, 2.75) is 13.3 Å². The van der Waals surface area contributed by atoms with Crippen LogP contribution in [0.25, 0.3) is 0 Å². The topological polar surface area (TPSA) is 92.7 Å². The molecular formula is C12H13NO5. The van der Waals surface area contributed by atoms with Crippen molar-refractivity contribution in [2.75, 3.05) is 12.4 Å². The monoisotopic (exact) mass is 251 g/mol. The van der Waals surface area contributed by atoms with Crippen molar-refractivity contribution in [1.82, 2.24) is 0 Å². The lowest BCUT2D eigenvalue weighted by Crippen LogP contribution is -2.23. The van der Waals surface area contributed by atoms with Gasteiger partial charge in [-0.15, -0.1) is 0 Å². The van der Waals surface area contributed by atoms with Crippen LogP contribution in [0.5, 0.6) is 5.75 Å². The summed E-state index contributed by atoms with van der Waals surface area (Å²) >= 11 is 0. The first-order chi connectivity index (χ1) is 8.49. The number of amides is 1. The van der Waals surface area contributed by atoms with Gasteiger partial charge in [0, 0.05) is 6.42 Å². The Labute approximate surface area is 104 Å². The van der Waals surface area contributed by atoms with Crippen LogP contribution in [0.3, 0.4) is 0 Å². The Morgan fingerprint density at radius 2 is 2.00 bits per heavy atom. The number of carbonyl (C=O) groups excluding carboxylic acids is 3. The number of esters is 1. The molecule has 0 unspecified atom stereocenters. The largest absolute Gasteiger partial charge is 0.508 e. The second-order valence-electron chi connectivity index (χ2n) is 3.45. The molecule has 1 aromatic carbocycles. The van der Waals surface area contributed by atoms with Crippen molar-refractivity contribution in [3.8, 4) is 5.75 Å². The molecule has 0 spiro atoms. The number of methoxy groups -OCH3 is 1. The highest BCUT2D eigenvalue weighted by Gasteiger charge is 2.17. The number of carbonyl (C=O) groups is 3. The van der Waals surface area contributed by atoms with E-state index in [1.165, 1.54) is 19.2 Å². The van der Waals surface area contributed by atoms with Gasteiger partial charge in [-0.05, 0) is 18.2 Å². The lowest BCUT2D eigenvalue weighted by molar-refractivity contribution is -0.134. The summed E-state index contributed by atoms with van der Waals surface area (Å²) in [6.45, 7) is 1.56. The average Bonchev–Trinajstić information content (AvgIpc) is 2.38. The molecule has 2 N–H and O–H groups in total. The maximum atomic E-state index is 11.4. The average molecular weight is 251 g/mol. The standard InChI is InChI=1S/C12H13NO5/c1-3-10(15)11(16)13-9-5-4-7(14)6-8(9)12(17)18-2/h4-6,14H,3H2,1-2H3,(H,13,16). The van der Waals surface area contributed by atoms with Gasteiger partial charge in [0.05, 0.1) is 18.4 Å². The van der Waals surface area contributed by atoms with E-state index in [0.717, 1.165) is 6.07 Å². The molecule has 0 aliphatic rings. The number of hydrogen-bond acceptors (Lipinski definition) is 5. The van der Waals surface area contributed by atoms with Crippen LogP contribution in [0.15, 0.2) is 18.2 Å². The summed E-state index contributed by atoms with van der Waals surface area (Å²) in [7, 11) is 1.18. The summed E-state index contributed by atoms with van der Waals surface area (Å²) < 4.78 is 4.51. The minimum Gasteiger partial charge on any atom is -0.508 e. The number of phenols is 1. The Balaban J connectivity index is 3.05. The second kappa shape index (κ2) is 5.81. The summed E-state index contributed by atoms with van der Waals surface area (Å²) in [5.74, 6) is -2.27. The van der Waals surface area contributed by atoms with Gasteiger partial charge in [0.1, 0.15) is 5.75 Å². The quantitative estimate of drug-likeness (QED) is 0.475. The van der Waals surface area contributed by atoms with Crippen molar-refractivity contribution in [3.63, 3.8) is 0 Å². The van der Waals surface area contributed by atoms with Crippen LogP contribution in [-0.2, 0) is 14.3 Å². The minimum atomic E-state index is -0.812. The van der Waals surface area contributed by atoms with Crippen LogP contribution in [0, 0.1) is 0 Å². The Kier molecular flexibility index (Phi) is 4.42. The zero-order valence-electron chi connectivity index (χ0n) is 10.0. The molecule has 1 rings (SSSR count). The molecular weight excluding hydrogens is 238 g/mol. The van der Waals surface area contributed by atoms with Crippen LogP contribution in [0.1, 0.15) is 23.7 Å². The smallest absolute Gasteiger partial charge is 0.340 e. The molecule has 0 bridgehead atoms. The molecule has 1 amide bonds. The summed E-state index contributed by atoms with van der Waals surface area (Å²) in [5, 5.41) is 11.6. The third kappa shape index (κ3) is 3.07. The van der Waals surface area contributed by atoms with Gasteiger partial charge in [-0.1, -0.05) is 6.92 Å². The van der Waals surface area contributed by atoms with E-state index in [-0.39, 0.29) is 23.4 Å². The van der Waals surface area contributed by atoms with Crippen molar-refractivity contribution in [3.05, 3.63) is 23.8 Å². The number of ketones is 1. The number of rotatable bonds is 4. The summed E-state index contributed by atoms with van der Waals surface area (Å²) in [4.78, 5) is 34.0. The minimum absolute atomic E-state index is 0.0187. The van der Waals surface area contributed by atoms with Crippen molar-refractivity contribution < 1.29 is 24.2 Å². The predicted molar refractivity (Wildman–Crippen MR) is 63.4 cm³/mol. The van der Waals surface area contributed by atoms with Gasteiger partial charge in [0.25, 0.3) is 5.91 Å². The van der Waals surface area contributed by atoms with Gasteiger partial charge in [-0.2, -0.15) is 0 Å². The number of aromatic hydroxyl groups is 1. The van der Waals surface area contributed by atoms with Gasteiger partial charge >= 0.3 is 5.97 Å². The van der Waals surface area contributed by atoms with E-state index in [2.05, 4.69) is 10.1 Å². The van der Waals surface area contributed by atoms with E-state index in [4.69, 9.17) is 0 Å². The van der Waals surface area contributed by atoms with Crippen LogP contribution in [0.2, 0.25) is 0 Å². The number of ether oxygens (including phenoxy) is 1. The summed E-state index contributed by atoms with van der Waals surface area (Å²) in [6, 6.07) is 3.76. The molecule has 0 aliphatic carbocycles. The fourth-order valence-electron chi connectivity index (χ4n) is 1.27. The zero-order valence-corrected chi connectivity index (χ0v) is 10.0. The molecule has 0 radical (unpaired) electrons. The summed E-state index contributed by atoms with van der Waals surface area (Å²) in [6.07, 6.45) is 0.0669. The molecule has 18 heavy (non-hydrogen) atoms. The molecule has 6 nitrogen and oxygen atoms in total. The first-order valence-electron chi connectivity index (χ1n) is 5.25. The van der Waals surface area contributed by atoms with Crippen molar-refractivity contribution in [1.29, 1.82) is 0 Å². The van der Waals surface area contributed by atoms with Gasteiger partial charge in [-0.3, -0.25) is 9.59 Å². The zero-order chi connectivity index (χ0) is 13.7. The maximum Gasteiger partial charge on any atom is 0.340 e. The Morgan fingerprint density at radius 1 is 1.33 bits per heavy atom. The molecule has 0 aliphatic heterocycles. The highest BCUT2D eigenvalue weighted by molar-refractivity contribution is 6.40. The first-order valence-corrected chi connectivity index (χ1v) is 5.25. The molecule has 1 aromatic rings. The van der Waals surface area contributed by atoms with Crippen LogP contribution >= 0.6 is 0 Å². The van der Waals surface area contributed by atoms with Crippen LogP contribution in [0.4, 0.5) is 5.69 Å². The number of benzene rings is 1. The Morgan fingerprint density at radius 3 is 2.56 bits per heavy atom. The number of anilines is 1. The third-order valence-corrected chi connectivity index (χ3v) is 2.23. The molecule has 0 saturated carbocycles. The fourth-order valence-corrected chi connectivity index (χ4v) is 1.27. The lowest BCUT2D eigenvalue weighted by atomic mass is 10.1. The molecule has 96 valence electrons. The van der Waals surface area contributed by atoms with E-state index in [0.29, 0.717) is 0 Å². The van der Waals surface area contributed by atoms with Crippen molar-refractivity contribution >= 4 is 23.3 Å². The highest BCUT2D eigenvalue weighted by Crippen LogP contribution is 2.22. The summed E-state index contributed by atoms with van der Waals surface area (Å²) in [5.41, 5.74) is 0.0983. The van der Waals surface area contributed by atoms with E-state index in [9.17, 15) is 19.5 Å². The first kappa shape index (κ1) is 13.7. The van der Waals surface area contributed by atoms with E-state index in [1.807, 2.05) is 0 Å². The number of Topliss-reactive ketones (excluding diaryl/α,β-unsaturated/α-hetero) is 1. The molecule has 0 saturated heterocycles. The van der Waals surface area contributed by atoms with Crippen molar-refractivity contribution in [2.24, 2.45) is 0 Å². The SMILES string of the molecule is CCC(=O)C(=O)Nc1ccc(O)cc1C(=O)OC. The van der Waals surface area contributed by atoms with Gasteiger partial charge in [0.15, 0.2) is 0 Å². The Hall–Kier alpha value is -2.37. The molecule has 0 fully saturated rings. The van der Waals surface area contributed by atoms with E-state index < -0.39 is 17.7 Å². The van der Waals surface area contributed by atoms with Gasteiger partial charge < -0.3 is 15.2 Å². The molecule has 0 atom stereocenters. The van der Waals surface area contributed by atoms with E-state index in [1.54, 1.807) is 6.92 Å². The molecule has 6 heteroatoms. The van der Waals surface area contributed by atoms with E-state index >= 15 is 0 Å². The third-order valence-electron chi connectivity index (χ3n) is 2.23. The number of nitrogens with one attached hydrogen (secondary N) is 1. The van der Waals surface area contributed by atoms with Crippen LogP contribution < -0.4 is 5.32 Å². The number of hydrogen-bond donors (Lipinski definition) is 2. The Bertz CT molecular complexity index is 495. The second-order valence-corrected chi connectivity index (χ2v) is 3.45. The van der Waals surface area contributed by atoms with Crippen LogP contribution in [-0.4, -0.2) is 29.9 Å². The molecule has 0 heterocycles. The maximum absolute atomic E-state index is 11.4. The highest BCUT2D eigenvalue weighted by atomic mass is 16.5. The van der Waals surface area contributed by atoms with Gasteiger partial charge in [0.2, 0.25) is 5.78 Å². The molecule has 0 aromatic heterocycles. The fraction of sp³-hybridized carbons (Fsp3) is 0.250. The lowest BCUT2D eigenvalue weighted by Gasteiger charge is -2.09.